The fraction of sp³-hybridized carbons (Fsp3) is 0.500. The maximum absolute atomic E-state index is 12.8. The summed E-state index contributed by atoms with van der Waals surface area (Å²) in [5.41, 5.74) is 5.36. The van der Waals surface area contributed by atoms with Crippen LogP contribution in [0, 0.1) is 12.8 Å². The molecule has 142 valence electrons. The molecule has 0 saturated carbocycles. The standard InChI is InChI=1S/C16H18F3N3O3S/c1-8-12(21-25-13(8)16(17,18)19)10-4-5-11(26-10)15(24)22-6-2-3-9(7-22)14(20)23/h4-5,9,15,24H,2-3,6-7H2,1H3,(H2,20,23)/t9-,15?/m1/s1. The molecule has 26 heavy (non-hydrogen) atoms. The highest BCUT2D eigenvalue weighted by molar-refractivity contribution is 7.15. The number of alkyl halides is 3. The number of piperidine rings is 1. The van der Waals surface area contributed by atoms with Gasteiger partial charge in [-0.1, -0.05) is 5.16 Å². The zero-order chi connectivity index (χ0) is 19.1. The van der Waals surface area contributed by atoms with Crippen molar-refractivity contribution in [3.05, 3.63) is 28.3 Å². The number of nitrogens with two attached hydrogens (primary N) is 1. The Balaban J connectivity index is 1.80. The van der Waals surface area contributed by atoms with Crippen LogP contribution in [0.2, 0.25) is 0 Å². The number of aromatic nitrogens is 1. The van der Waals surface area contributed by atoms with Crippen molar-refractivity contribution in [2.75, 3.05) is 13.1 Å². The molecule has 0 spiro atoms. The van der Waals surface area contributed by atoms with E-state index < -0.39 is 24.1 Å². The summed E-state index contributed by atoms with van der Waals surface area (Å²) in [7, 11) is 0. The number of aliphatic hydroxyl groups excluding tert-OH is 1. The van der Waals surface area contributed by atoms with Crippen molar-refractivity contribution in [1.82, 2.24) is 10.1 Å². The van der Waals surface area contributed by atoms with E-state index in [1.165, 1.54) is 6.92 Å². The first-order chi connectivity index (χ1) is 12.2. The Morgan fingerprint density at radius 1 is 1.50 bits per heavy atom. The summed E-state index contributed by atoms with van der Waals surface area (Å²) in [5.74, 6) is -1.83. The molecule has 6 nitrogen and oxygen atoms in total. The maximum atomic E-state index is 12.8. The number of carbonyl (C=O) groups is 1. The Hall–Kier alpha value is -1.91. The normalized spacial score (nSPS) is 20.3. The van der Waals surface area contributed by atoms with Crippen molar-refractivity contribution in [1.29, 1.82) is 0 Å². The summed E-state index contributed by atoms with van der Waals surface area (Å²) in [6.45, 7) is 2.26. The van der Waals surface area contributed by atoms with Gasteiger partial charge in [-0.3, -0.25) is 9.69 Å². The minimum Gasteiger partial charge on any atom is -0.373 e. The van der Waals surface area contributed by atoms with Gasteiger partial charge in [-0.05, 0) is 31.9 Å². The van der Waals surface area contributed by atoms with Crippen LogP contribution in [0.3, 0.4) is 0 Å². The molecule has 0 aliphatic carbocycles. The van der Waals surface area contributed by atoms with Gasteiger partial charge in [-0.25, -0.2) is 0 Å². The second-order valence-corrected chi connectivity index (χ2v) is 7.41. The second-order valence-electron chi connectivity index (χ2n) is 6.30. The summed E-state index contributed by atoms with van der Waals surface area (Å²) in [6.07, 6.45) is -4.13. The molecular formula is C16H18F3N3O3S. The lowest BCUT2D eigenvalue weighted by atomic mass is 9.97. The van der Waals surface area contributed by atoms with E-state index in [4.69, 9.17) is 5.73 Å². The molecule has 2 aromatic heterocycles. The number of amides is 1. The Kier molecular flexibility index (Phi) is 5.09. The van der Waals surface area contributed by atoms with Crippen LogP contribution in [0.15, 0.2) is 16.7 Å². The van der Waals surface area contributed by atoms with E-state index >= 15 is 0 Å². The van der Waals surface area contributed by atoms with Crippen LogP contribution >= 0.6 is 11.3 Å². The summed E-state index contributed by atoms with van der Waals surface area (Å²) in [6, 6.07) is 3.24. The second kappa shape index (κ2) is 7.01. The van der Waals surface area contributed by atoms with Gasteiger partial charge in [0.15, 0.2) is 0 Å². The Labute approximate surface area is 151 Å². The third-order valence-corrected chi connectivity index (χ3v) is 5.63. The Morgan fingerprint density at radius 3 is 2.85 bits per heavy atom. The summed E-state index contributed by atoms with van der Waals surface area (Å²) in [5, 5.41) is 14.1. The van der Waals surface area contributed by atoms with Gasteiger partial charge in [0.25, 0.3) is 0 Å². The summed E-state index contributed by atoms with van der Waals surface area (Å²) in [4.78, 5) is 14.1. The first-order valence-electron chi connectivity index (χ1n) is 8.03. The van der Waals surface area contributed by atoms with Crippen molar-refractivity contribution in [2.24, 2.45) is 11.7 Å². The number of hydrogen-bond acceptors (Lipinski definition) is 6. The molecule has 1 aliphatic heterocycles. The number of likely N-dealkylation sites (tertiary alicyclic amines) is 1. The molecule has 1 saturated heterocycles. The van der Waals surface area contributed by atoms with Gasteiger partial charge in [0.05, 0.1) is 10.8 Å². The Bertz CT molecular complexity index is 802. The summed E-state index contributed by atoms with van der Waals surface area (Å²) >= 11 is 1.14. The van der Waals surface area contributed by atoms with Crippen molar-refractivity contribution in [3.63, 3.8) is 0 Å². The number of hydrogen-bond donors (Lipinski definition) is 2. The first-order valence-corrected chi connectivity index (χ1v) is 8.85. The van der Waals surface area contributed by atoms with Gasteiger partial charge in [0.1, 0.15) is 11.9 Å². The van der Waals surface area contributed by atoms with E-state index in [1.807, 2.05) is 0 Å². The molecule has 1 fully saturated rings. The number of nitrogens with zero attached hydrogens (tertiary/aromatic N) is 2. The molecule has 3 N–H and O–H groups in total. The molecular weight excluding hydrogens is 371 g/mol. The molecule has 2 atom stereocenters. The molecule has 0 radical (unpaired) electrons. The monoisotopic (exact) mass is 389 g/mol. The molecule has 3 rings (SSSR count). The van der Waals surface area contributed by atoms with E-state index in [2.05, 4.69) is 9.68 Å². The SMILES string of the molecule is Cc1c(-c2ccc(C(O)N3CCC[C@@H](C(N)=O)C3)s2)noc1C(F)(F)F. The van der Waals surface area contributed by atoms with Crippen LogP contribution in [0.5, 0.6) is 0 Å². The Morgan fingerprint density at radius 2 is 2.23 bits per heavy atom. The summed E-state index contributed by atoms with van der Waals surface area (Å²) < 4.78 is 43.0. The lowest BCUT2D eigenvalue weighted by molar-refractivity contribution is -0.156. The van der Waals surface area contributed by atoms with Gasteiger partial charge in [0.2, 0.25) is 11.7 Å². The number of halogens is 3. The molecule has 10 heteroatoms. The average Bonchev–Trinajstić information content (AvgIpc) is 3.20. The molecule has 2 aromatic rings. The minimum absolute atomic E-state index is 0.0906. The third kappa shape index (κ3) is 3.62. The topological polar surface area (TPSA) is 92.6 Å². The van der Waals surface area contributed by atoms with Crippen LogP contribution in [-0.4, -0.2) is 34.2 Å². The number of primary amides is 1. The van der Waals surface area contributed by atoms with E-state index in [0.29, 0.717) is 29.3 Å². The van der Waals surface area contributed by atoms with Crippen molar-refractivity contribution >= 4 is 17.2 Å². The van der Waals surface area contributed by atoms with Gasteiger partial charge in [-0.15, -0.1) is 11.3 Å². The first kappa shape index (κ1) is 18.9. The van der Waals surface area contributed by atoms with Gasteiger partial charge < -0.3 is 15.4 Å². The van der Waals surface area contributed by atoms with Crippen molar-refractivity contribution in [2.45, 2.75) is 32.2 Å². The maximum Gasteiger partial charge on any atom is 0.452 e. The van der Waals surface area contributed by atoms with Gasteiger partial charge in [0, 0.05) is 23.5 Å². The van der Waals surface area contributed by atoms with E-state index in [0.717, 1.165) is 17.8 Å². The quantitative estimate of drug-likeness (QED) is 0.839. The van der Waals surface area contributed by atoms with Gasteiger partial charge in [-0.2, -0.15) is 13.2 Å². The highest BCUT2D eigenvalue weighted by Gasteiger charge is 2.39. The lowest BCUT2D eigenvalue weighted by Gasteiger charge is -2.34. The largest absolute Gasteiger partial charge is 0.452 e. The zero-order valence-electron chi connectivity index (χ0n) is 13.9. The molecule has 1 aliphatic rings. The van der Waals surface area contributed by atoms with Crippen LogP contribution in [0.4, 0.5) is 13.2 Å². The highest BCUT2D eigenvalue weighted by atomic mass is 32.1. The number of aliphatic hydroxyl groups is 1. The molecule has 0 aromatic carbocycles. The average molecular weight is 389 g/mol. The number of rotatable bonds is 4. The molecule has 1 amide bonds. The van der Waals surface area contributed by atoms with E-state index in [9.17, 15) is 23.1 Å². The minimum atomic E-state index is -4.60. The highest BCUT2D eigenvalue weighted by Crippen LogP contribution is 2.39. The lowest BCUT2D eigenvalue weighted by Crippen LogP contribution is -2.42. The zero-order valence-corrected chi connectivity index (χ0v) is 14.7. The van der Waals surface area contributed by atoms with E-state index in [-0.39, 0.29) is 17.2 Å². The fourth-order valence-electron chi connectivity index (χ4n) is 3.09. The van der Waals surface area contributed by atoms with Gasteiger partial charge >= 0.3 is 6.18 Å². The molecule has 3 heterocycles. The van der Waals surface area contributed by atoms with Crippen molar-refractivity contribution < 1.29 is 27.6 Å². The predicted molar refractivity (Wildman–Crippen MR) is 88.0 cm³/mol. The smallest absolute Gasteiger partial charge is 0.373 e. The van der Waals surface area contributed by atoms with Crippen LogP contribution in [0.1, 0.15) is 35.3 Å². The molecule has 0 bridgehead atoms. The van der Waals surface area contributed by atoms with Crippen LogP contribution < -0.4 is 5.73 Å². The van der Waals surface area contributed by atoms with Crippen molar-refractivity contribution in [3.8, 4) is 10.6 Å². The number of thiophene rings is 1. The van der Waals surface area contributed by atoms with E-state index in [1.54, 1.807) is 17.0 Å². The predicted octanol–water partition coefficient (Wildman–Crippen LogP) is 2.92. The fourth-order valence-corrected chi connectivity index (χ4v) is 4.16. The molecule has 1 unspecified atom stereocenters. The number of carbonyl (C=O) groups excluding carboxylic acids is 1. The third-order valence-electron chi connectivity index (χ3n) is 4.50. The van der Waals surface area contributed by atoms with Crippen LogP contribution in [0.25, 0.3) is 10.6 Å². The van der Waals surface area contributed by atoms with Crippen LogP contribution in [-0.2, 0) is 11.0 Å².